The molecule has 0 aliphatic heterocycles. The van der Waals surface area contributed by atoms with Gasteiger partial charge in [0.25, 0.3) is 0 Å². The third kappa shape index (κ3) is 4.18. The molecule has 0 radical (unpaired) electrons. The quantitative estimate of drug-likeness (QED) is 0.767. The molecular formula is C13H18BrN. The maximum Gasteiger partial charge on any atom is 0.0323 e. The smallest absolute Gasteiger partial charge is 0.0323 e. The normalized spacial score (nSPS) is 12.4. The van der Waals surface area contributed by atoms with E-state index >= 15 is 0 Å². The van der Waals surface area contributed by atoms with Crippen molar-refractivity contribution in [3.63, 3.8) is 0 Å². The fourth-order valence-electron chi connectivity index (χ4n) is 1.64. The second-order valence-electron chi connectivity index (χ2n) is 3.53. The monoisotopic (exact) mass is 267 g/mol. The Kier molecular flexibility index (Phi) is 5.66. The Balaban J connectivity index is 2.73. The average Bonchev–Trinajstić information content (AvgIpc) is 2.24. The molecule has 1 nitrogen and oxygen atoms in total. The standard InChI is InChI=1S/C13H18BrN/c1-3-5-9-13(15-4-2)11-7-6-8-12(14)10-11/h3,6-8,10,13,15H,1,4-5,9H2,2H3. The molecule has 0 fully saturated rings. The van der Waals surface area contributed by atoms with Crippen molar-refractivity contribution in [2.45, 2.75) is 25.8 Å². The van der Waals surface area contributed by atoms with Gasteiger partial charge in [0.2, 0.25) is 0 Å². The first kappa shape index (κ1) is 12.5. The molecule has 0 aliphatic carbocycles. The Hall–Kier alpha value is -0.600. The van der Waals surface area contributed by atoms with E-state index in [1.165, 1.54) is 5.56 Å². The van der Waals surface area contributed by atoms with E-state index in [1.807, 2.05) is 6.08 Å². The number of hydrogen-bond acceptors (Lipinski definition) is 1. The average molecular weight is 268 g/mol. The minimum atomic E-state index is 0.436. The molecule has 1 atom stereocenters. The van der Waals surface area contributed by atoms with Crippen LogP contribution in [0.4, 0.5) is 0 Å². The lowest BCUT2D eigenvalue weighted by Gasteiger charge is -2.17. The van der Waals surface area contributed by atoms with Crippen LogP contribution in [0.3, 0.4) is 0 Å². The molecule has 1 rings (SSSR count). The van der Waals surface area contributed by atoms with Gasteiger partial charge in [-0.25, -0.2) is 0 Å². The number of benzene rings is 1. The summed E-state index contributed by atoms with van der Waals surface area (Å²) in [6.45, 7) is 6.90. The zero-order valence-electron chi connectivity index (χ0n) is 9.17. The van der Waals surface area contributed by atoms with E-state index in [2.05, 4.69) is 59.0 Å². The molecule has 1 aromatic carbocycles. The van der Waals surface area contributed by atoms with E-state index in [0.717, 1.165) is 23.9 Å². The molecule has 1 N–H and O–H groups in total. The predicted octanol–water partition coefficient (Wildman–Crippen LogP) is 4.07. The van der Waals surface area contributed by atoms with Crippen molar-refractivity contribution in [3.05, 3.63) is 47.0 Å². The van der Waals surface area contributed by atoms with Gasteiger partial charge in [0.1, 0.15) is 0 Å². The highest BCUT2D eigenvalue weighted by molar-refractivity contribution is 9.10. The van der Waals surface area contributed by atoms with Crippen molar-refractivity contribution in [1.82, 2.24) is 5.32 Å². The van der Waals surface area contributed by atoms with E-state index in [4.69, 9.17) is 0 Å². The van der Waals surface area contributed by atoms with Gasteiger partial charge in [-0.3, -0.25) is 0 Å². The number of nitrogens with one attached hydrogen (secondary N) is 1. The molecule has 1 unspecified atom stereocenters. The summed E-state index contributed by atoms with van der Waals surface area (Å²) in [6.07, 6.45) is 4.13. The van der Waals surface area contributed by atoms with E-state index < -0.39 is 0 Å². The maximum absolute atomic E-state index is 3.77. The second kappa shape index (κ2) is 6.81. The summed E-state index contributed by atoms with van der Waals surface area (Å²) < 4.78 is 1.14. The largest absolute Gasteiger partial charge is 0.310 e. The van der Waals surface area contributed by atoms with Crippen molar-refractivity contribution in [3.8, 4) is 0 Å². The summed E-state index contributed by atoms with van der Waals surface area (Å²) >= 11 is 3.50. The van der Waals surface area contributed by atoms with Gasteiger partial charge in [-0.1, -0.05) is 41.1 Å². The van der Waals surface area contributed by atoms with Crippen LogP contribution in [-0.2, 0) is 0 Å². The molecule has 0 amide bonds. The summed E-state index contributed by atoms with van der Waals surface area (Å²) in [5.41, 5.74) is 1.34. The summed E-state index contributed by atoms with van der Waals surface area (Å²) in [5.74, 6) is 0. The lowest BCUT2D eigenvalue weighted by molar-refractivity contribution is 0.519. The van der Waals surface area contributed by atoms with Gasteiger partial charge in [-0.15, -0.1) is 6.58 Å². The molecular weight excluding hydrogens is 250 g/mol. The Bertz CT molecular complexity index is 309. The zero-order valence-corrected chi connectivity index (χ0v) is 10.8. The first-order valence-corrected chi connectivity index (χ1v) is 6.17. The molecule has 2 heteroatoms. The van der Waals surface area contributed by atoms with Gasteiger partial charge < -0.3 is 5.32 Å². The second-order valence-corrected chi connectivity index (χ2v) is 4.45. The van der Waals surface area contributed by atoms with Crippen LogP contribution in [0.5, 0.6) is 0 Å². The lowest BCUT2D eigenvalue weighted by Crippen LogP contribution is -2.20. The van der Waals surface area contributed by atoms with Crippen molar-refractivity contribution in [1.29, 1.82) is 0 Å². The summed E-state index contributed by atoms with van der Waals surface area (Å²) in [6, 6.07) is 8.92. The van der Waals surface area contributed by atoms with Crippen molar-refractivity contribution in [2.24, 2.45) is 0 Å². The van der Waals surface area contributed by atoms with Gasteiger partial charge in [-0.2, -0.15) is 0 Å². The van der Waals surface area contributed by atoms with Crippen LogP contribution in [0.2, 0.25) is 0 Å². The molecule has 82 valence electrons. The molecule has 0 aliphatic rings. The van der Waals surface area contributed by atoms with Gasteiger partial charge in [0, 0.05) is 10.5 Å². The number of halogens is 1. The molecule has 0 heterocycles. The van der Waals surface area contributed by atoms with Gasteiger partial charge in [-0.05, 0) is 37.1 Å². The SMILES string of the molecule is C=CCCC(NCC)c1cccc(Br)c1. The van der Waals surface area contributed by atoms with Gasteiger partial charge in [0.05, 0.1) is 0 Å². The van der Waals surface area contributed by atoms with Crippen LogP contribution in [-0.4, -0.2) is 6.54 Å². The highest BCUT2D eigenvalue weighted by Gasteiger charge is 2.08. The van der Waals surface area contributed by atoms with Crippen molar-refractivity contribution < 1.29 is 0 Å². The van der Waals surface area contributed by atoms with Crippen molar-refractivity contribution >= 4 is 15.9 Å². The first-order valence-electron chi connectivity index (χ1n) is 5.37. The van der Waals surface area contributed by atoms with Crippen LogP contribution >= 0.6 is 15.9 Å². The molecule has 0 saturated carbocycles. The van der Waals surface area contributed by atoms with E-state index in [9.17, 15) is 0 Å². The molecule has 0 spiro atoms. The third-order valence-corrected chi connectivity index (χ3v) is 2.85. The Morgan fingerprint density at radius 2 is 2.33 bits per heavy atom. The van der Waals surface area contributed by atoms with Gasteiger partial charge in [0.15, 0.2) is 0 Å². The van der Waals surface area contributed by atoms with Crippen LogP contribution in [0.15, 0.2) is 41.4 Å². The van der Waals surface area contributed by atoms with Crippen molar-refractivity contribution in [2.75, 3.05) is 6.54 Å². The van der Waals surface area contributed by atoms with E-state index in [-0.39, 0.29) is 0 Å². The zero-order chi connectivity index (χ0) is 11.1. The summed E-state index contributed by atoms with van der Waals surface area (Å²) in [5, 5.41) is 3.49. The lowest BCUT2D eigenvalue weighted by atomic mass is 10.0. The van der Waals surface area contributed by atoms with E-state index in [0.29, 0.717) is 6.04 Å². The fourth-order valence-corrected chi connectivity index (χ4v) is 2.06. The Morgan fingerprint density at radius 1 is 1.53 bits per heavy atom. The van der Waals surface area contributed by atoms with Crippen LogP contribution in [0, 0.1) is 0 Å². The first-order chi connectivity index (χ1) is 7.27. The topological polar surface area (TPSA) is 12.0 Å². The maximum atomic E-state index is 3.77. The number of allylic oxidation sites excluding steroid dienone is 1. The van der Waals surface area contributed by atoms with E-state index in [1.54, 1.807) is 0 Å². The van der Waals surface area contributed by atoms with Crippen LogP contribution < -0.4 is 5.32 Å². The highest BCUT2D eigenvalue weighted by atomic mass is 79.9. The Labute approximate surface area is 101 Å². The molecule has 0 aromatic heterocycles. The van der Waals surface area contributed by atoms with Gasteiger partial charge >= 0.3 is 0 Å². The predicted molar refractivity (Wildman–Crippen MR) is 70.0 cm³/mol. The minimum absolute atomic E-state index is 0.436. The fraction of sp³-hybridized carbons (Fsp3) is 0.385. The van der Waals surface area contributed by atoms with Crippen LogP contribution in [0.1, 0.15) is 31.4 Å². The third-order valence-electron chi connectivity index (χ3n) is 2.36. The molecule has 15 heavy (non-hydrogen) atoms. The minimum Gasteiger partial charge on any atom is -0.310 e. The number of rotatable bonds is 6. The molecule has 1 aromatic rings. The highest BCUT2D eigenvalue weighted by Crippen LogP contribution is 2.21. The Morgan fingerprint density at radius 3 is 2.93 bits per heavy atom. The summed E-state index contributed by atoms with van der Waals surface area (Å²) in [7, 11) is 0. The number of hydrogen-bond donors (Lipinski definition) is 1. The molecule has 0 bridgehead atoms. The molecule has 0 saturated heterocycles. The van der Waals surface area contributed by atoms with Crippen LogP contribution in [0.25, 0.3) is 0 Å². The summed E-state index contributed by atoms with van der Waals surface area (Å²) in [4.78, 5) is 0.